The van der Waals surface area contributed by atoms with Gasteiger partial charge in [-0.2, -0.15) is 11.8 Å². The minimum atomic E-state index is -0.210. The summed E-state index contributed by atoms with van der Waals surface area (Å²) in [7, 11) is 0. The molecule has 0 bridgehead atoms. The van der Waals surface area contributed by atoms with Crippen LogP contribution in [0.2, 0.25) is 0 Å². The van der Waals surface area contributed by atoms with Crippen LogP contribution in [0.25, 0.3) is 0 Å². The van der Waals surface area contributed by atoms with E-state index in [1.54, 1.807) is 0 Å². The lowest BCUT2D eigenvalue weighted by molar-refractivity contribution is -0.122. The second kappa shape index (κ2) is 7.06. The maximum absolute atomic E-state index is 11.7. The Morgan fingerprint density at radius 2 is 1.94 bits per heavy atom. The summed E-state index contributed by atoms with van der Waals surface area (Å²) in [6.07, 6.45) is 1.84. The van der Waals surface area contributed by atoms with Gasteiger partial charge in [0.15, 0.2) is 0 Å². The van der Waals surface area contributed by atoms with E-state index < -0.39 is 0 Å². The number of carbonyl (C=O) groups excluding carboxylic acids is 2. The van der Waals surface area contributed by atoms with Crippen molar-refractivity contribution in [1.82, 2.24) is 5.32 Å². The number of benzene rings is 1. The molecule has 0 radical (unpaired) electrons. The molecule has 0 saturated heterocycles. The second-order valence-corrected chi connectivity index (χ2v) is 4.87. The molecule has 0 aromatic heterocycles. The van der Waals surface area contributed by atoms with E-state index in [1.807, 2.05) is 38.3 Å². The fourth-order valence-corrected chi connectivity index (χ4v) is 1.81. The predicted octanol–water partition coefficient (Wildman–Crippen LogP) is 1.72. The molecule has 0 aliphatic rings. The van der Waals surface area contributed by atoms with Gasteiger partial charge in [-0.05, 0) is 37.3 Å². The number of nitrogens with one attached hydrogen (secondary N) is 2. The van der Waals surface area contributed by atoms with Crippen molar-refractivity contribution in [3.63, 3.8) is 0 Å². The Hall–Kier alpha value is -1.49. The highest BCUT2D eigenvalue weighted by atomic mass is 32.2. The van der Waals surface area contributed by atoms with Gasteiger partial charge in [-0.1, -0.05) is 12.1 Å². The van der Waals surface area contributed by atoms with Gasteiger partial charge in [0.25, 0.3) is 0 Å². The molecule has 0 aliphatic heterocycles. The number of thioether (sulfide) groups is 1. The fourth-order valence-electron chi connectivity index (χ4n) is 1.44. The third-order valence-corrected chi connectivity index (χ3v) is 3.15. The first-order valence-electron chi connectivity index (χ1n) is 5.66. The highest BCUT2D eigenvalue weighted by Gasteiger charge is 2.07. The number of hydrogen-bond donors (Lipinski definition) is 2. The Morgan fingerprint density at radius 1 is 1.22 bits per heavy atom. The summed E-state index contributed by atoms with van der Waals surface area (Å²) in [6, 6.07) is 5.74. The van der Waals surface area contributed by atoms with Crippen LogP contribution >= 0.6 is 11.8 Å². The van der Waals surface area contributed by atoms with E-state index in [1.165, 1.54) is 11.8 Å². The lowest BCUT2D eigenvalue weighted by Gasteiger charge is -2.10. The average Bonchev–Trinajstić information content (AvgIpc) is 2.33. The highest BCUT2D eigenvalue weighted by molar-refractivity contribution is 7.99. The van der Waals surface area contributed by atoms with Crippen LogP contribution in [0.3, 0.4) is 0 Å². The topological polar surface area (TPSA) is 58.2 Å². The molecular weight excluding hydrogens is 248 g/mol. The summed E-state index contributed by atoms with van der Waals surface area (Å²) in [5.41, 5.74) is 2.96. The average molecular weight is 266 g/mol. The molecule has 0 unspecified atom stereocenters. The van der Waals surface area contributed by atoms with Gasteiger partial charge in [0.2, 0.25) is 11.8 Å². The van der Waals surface area contributed by atoms with Crippen LogP contribution in [0, 0.1) is 13.8 Å². The molecule has 2 N–H and O–H groups in total. The molecule has 0 spiro atoms. The molecule has 98 valence electrons. The number of amides is 2. The maximum Gasteiger partial charge on any atom is 0.243 e. The Labute approximate surface area is 112 Å². The SMILES string of the molecule is CSCC(=O)NCC(=O)Nc1cccc(C)c1C. The number of hydrogen-bond acceptors (Lipinski definition) is 3. The standard InChI is InChI=1S/C13H18N2O2S/c1-9-5-4-6-11(10(9)2)15-12(16)7-14-13(17)8-18-3/h4-6H,7-8H2,1-3H3,(H,14,17)(H,15,16). The molecule has 2 amide bonds. The third-order valence-electron chi connectivity index (χ3n) is 2.60. The summed E-state index contributed by atoms with van der Waals surface area (Å²) in [5, 5.41) is 5.35. The zero-order valence-corrected chi connectivity index (χ0v) is 11.7. The predicted molar refractivity (Wildman–Crippen MR) is 75.9 cm³/mol. The van der Waals surface area contributed by atoms with Gasteiger partial charge >= 0.3 is 0 Å². The van der Waals surface area contributed by atoms with Crippen molar-refractivity contribution in [1.29, 1.82) is 0 Å². The molecule has 1 aromatic rings. The third kappa shape index (κ3) is 4.41. The lowest BCUT2D eigenvalue weighted by Crippen LogP contribution is -2.34. The van der Waals surface area contributed by atoms with Gasteiger partial charge in [0.05, 0.1) is 12.3 Å². The van der Waals surface area contributed by atoms with Gasteiger partial charge in [0.1, 0.15) is 0 Å². The molecular formula is C13H18N2O2S. The Morgan fingerprint density at radius 3 is 2.61 bits per heavy atom. The Bertz CT molecular complexity index is 447. The normalized spacial score (nSPS) is 9.94. The van der Waals surface area contributed by atoms with Gasteiger partial charge in [-0.15, -0.1) is 0 Å². The van der Waals surface area contributed by atoms with Crippen LogP contribution in [0.15, 0.2) is 18.2 Å². The zero-order valence-electron chi connectivity index (χ0n) is 10.9. The molecule has 0 aliphatic carbocycles. The Balaban J connectivity index is 2.50. The fraction of sp³-hybridized carbons (Fsp3) is 0.385. The summed E-state index contributed by atoms with van der Waals surface area (Å²) in [6.45, 7) is 3.95. The minimum Gasteiger partial charge on any atom is -0.346 e. The van der Waals surface area contributed by atoms with Gasteiger partial charge in [-0.3, -0.25) is 9.59 Å². The smallest absolute Gasteiger partial charge is 0.243 e. The molecule has 0 saturated carbocycles. The van der Waals surface area contributed by atoms with Crippen molar-refractivity contribution in [3.05, 3.63) is 29.3 Å². The monoisotopic (exact) mass is 266 g/mol. The molecule has 4 nitrogen and oxygen atoms in total. The van der Waals surface area contributed by atoms with E-state index in [0.29, 0.717) is 5.75 Å². The number of carbonyl (C=O) groups is 2. The molecule has 18 heavy (non-hydrogen) atoms. The van der Waals surface area contributed by atoms with Crippen molar-refractivity contribution >= 4 is 29.3 Å². The summed E-state index contributed by atoms with van der Waals surface area (Å²) >= 11 is 1.43. The molecule has 1 rings (SSSR count). The van der Waals surface area contributed by atoms with Gasteiger partial charge in [0, 0.05) is 5.69 Å². The summed E-state index contributed by atoms with van der Waals surface area (Å²) in [4.78, 5) is 22.9. The van der Waals surface area contributed by atoms with Crippen LogP contribution in [0.1, 0.15) is 11.1 Å². The summed E-state index contributed by atoms with van der Waals surface area (Å²) in [5.74, 6) is 0.0355. The van der Waals surface area contributed by atoms with E-state index in [0.717, 1.165) is 16.8 Å². The molecule has 0 fully saturated rings. The molecule has 1 aromatic carbocycles. The van der Waals surface area contributed by atoms with Gasteiger partial charge < -0.3 is 10.6 Å². The van der Waals surface area contributed by atoms with Crippen LogP contribution in [-0.2, 0) is 9.59 Å². The molecule has 5 heteroatoms. The lowest BCUT2D eigenvalue weighted by atomic mass is 10.1. The number of rotatable bonds is 5. The first kappa shape index (κ1) is 14.6. The van der Waals surface area contributed by atoms with E-state index in [-0.39, 0.29) is 18.4 Å². The van der Waals surface area contributed by atoms with Crippen molar-refractivity contribution in [2.75, 3.05) is 23.9 Å². The number of aryl methyl sites for hydroxylation is 1. The van der Waals surface area contributed by atoms with Crippen molar-refractivity contribution < 1.29 is 9.59 Å². The largest absolute Gasteiger partial charge is 0.346 e. The molecule has 0 atom stereocenters. The van der Waals surface area contributed by atoms with E-state index in [2.05, 4.69) is 10.6 Å². The van der Waals surface area contributed by atoms with E-state index in [9.17, 15) is 9.59 Å². The number of anilines is 1. The first-order chi connectivity index (χ1) is 8.54. The van der Waals surface area contributed by atoms with Gasteiger partial charge in [-0.25, -0.2) is 0 Å². The van der Waals surface area contributed by atoms with Crippen LogP contribution < -0.4 is 10.6 Å². The van der Waals surface area contributed by atoms with Crippen molar-refractivity contribution in [2.45, 2.75) is 13.8 Å². The second-order valence-electron chi connectivity index (χ2n) is 4.01. The Kier molecular flexibility index (Phi) is 5.71. The van der Waals surface area contributed by atoms with Crippen LogP contribution in [0.4, 0.5) is 5.69 Å². The quantitative estimate of drug-likeness (QED) is 0.853. The molecule has 0 heterocycles. The van der Waals surface area contributed by atoms with Crippen LogP contribution in [0.5, 0.6) is 0 Å². The van der Waals surface area contributed by atoms with Crippen LogP contribution in [-0.4, -0.2) is 30.4 Å². The highest BCUT2D eigenvalue weighted by Crippen LogP contribution is 2.17. The zero-order chi connectivity index (χ0) is 13.5. The maximum atomic E-state index is 11.7. The first-order valence-corrected chi connectivity index (χ1v) is 7.05. The van der Waals surface area contributed by atoms with Crippen molar-refractivity contribution in [3.8, 4) is 0 Å². The minimum absolute atomic E-state index is 0.00672. The summed E-state index contributed by atoms with van der Waals surface area (Å²) < 4.78 is 0. The van der Waals surface area contributed by atoms with E-state index in [4.69, 9.17) is 0 Å². The van der Waals surface area contributed by atoms with E-state index >= 15 is 0 Å². The van der Waals surface area contributed by atoms with Crippen molar-refractivity contribution in [2.24, 2.45) is 0 Å².